The molecule has 2 atom stereocenters. The highest BCUT2D eigenvalue weighted by Crippen LogP contribution is 2.18. The number of likely N-dealkylation sites (N-methyl/N-ethyl adjacent to an activating group) is 2. The number of nitrogens with two attached hydrogens (primary N) is 1. The highest BCUT2D eigenvalue weighted by molar-refractivity contribution is 5.85. The van der Waals surface area contributed by atoms with Crippen LogP contribution in [-0.4, -0.2) is 54.5 Å². The summed E-state index contributed by atoms with van der Waals surface area (Å²) in [6, 6.07) is 0.320. The summed E-state index contributed by atoms with van der Waals surface area (Å²) < 4.78 is 0. The SMILES string of the molecule is CCCC(C)(N)C(=O)N(C)C1CCCN(C)C1. The van der Waals surface area contributed by atoms with Crippen molar-refractivity contribution in [2.24, 2.45) is 5.73 Å². The molecule has 2 unspecified atom stereocenters. The minimum absolute atomic E-state index is 0.0830. The Balaban J connectivity index is 2.62. The molecule has 4 heteroatoms. The van der Waals surface area contributed by atoms with E-state index in [0.717, 1.165) is 38.8 Å². The third-order valence-electron chi connectivity index (χ3n) is 3.73. The third-order valence-corrected chi connectivity index (χ3v) is 3.73. The van der Waals surface area contributed by atoms with Crippen molar-refractivity contribution in [1.29, 1.82) is 0 Å². The summed E-state index contributed by atoms with van der Waals surface area (Å²) in [5.74, 6) is 0.0830. The first kappa shape index (κ1) is 14.5. The molecule has 0 aromatic carbocycles. The van der Waals surface area contributed by atoms with Crippen LogP contribution in [0.4, 0.5) is 0 Å². The monoisotopic (exact) mass is 241 g/mol. The molecule has 1 saturated heterocycles. The topological polar surface area (TPSA) is 49.6 Å². The zero-order valence-electron chi connectivity index (χ0n) is 11.7. The van der Waals surface area contributed by atoms with Gasteiger partial charge in [0.1, 0.15) is 0 Å². The molecular formula is C13H27N3O. The van der Waals surface area contributed by atoms with Gasteiger partial charge >= 0.3 is 0 Å². The molecule has 17 heavy (non-hydrogen) atoms. The van der Waals surface area contributed by atoms with Gasteiger partial charge in [-0.2, -0.15) is 0 Å². The number of piperidine rings is 1. The highest BCUT2D eigenvalue weighted by atomic mass is 16.2. The number of rotatable bonds is 4. The Kier molecular flexibility index (Phi) is 4.95. The molecular weight excluding hydrogens is 214 g/mol. The van der Waals surface area contributed by atoms with Crippen LogP contribution in [-0.2, 0) is 4.79 Å². The van der Waals surface area contributed by atoms with E-state index in [9.17, 15) is 4.79 Å². The van der Waals surface area contributed by atoms with Crippen LogP contribution in [0.1, 0.15) is 39.5 Å². The van der Waals surface area contributed by atoms with Gasteiger partial charge in [-0.15, -0.1) is 0 Å². The standard InChI is InChI=1S/C13H27N3O/c1-5-8-13(2,14)12(17)16(4)11-7-6-9-15(3)10-11/h11H,5-10,14H2,1-4H3. The number of carbonyl (C=O) groups is 1. The van der Waals surface area contributed by atoms with E-state index in [-0.39, 0.29) is 5.91 Å². The Labute approximate surface area is 105 Å². The molecule has 0 spiro atoms. The number of carbonyl (C=O) groups excluding carboxylic acids is 1. The van der Waals surface area contributed by atoms with Crippen LogP contribution in [0.5, 0.6) is 0 Å². The van der Waals surface area contributed by atoms with E-state index in [0.29, 0.717) is 6.04 Å². The van der Waals surface area contributed by atoms with Gasteiger partial charge in [0.2, 0.25) is 5.91 Å². The Hall–Kier alpha value is -0.610. The van der Waals surface area contributed by atoms with Crippen LogP contribution in [0.15, 0.2) is 0 Å². The molecule has 0 aromatic heterocycles. The number of likely N-dealkylation sites (tertiary alicyclic amines) is 1. The second-order valence-corrected chi connectivity index (χ2v) is 5.64. The van der Waals surface area contributed by atoms with E-state index in [2.05, 4.69) is 18.9 Å². The van der Waals surface area contributed by atoms with Crippen molar-refractivity contribution in [3.05, 3.63) is 0 Å². The third kappa shape index (κ3) is 3.68. The fraction of sp³-hybridized carbons (Fsp3) is 0.923. The lowest BCUT2D eigenvalue weighted by Gasteiger charge is -2.39. The van der Waals surface area contributed by atoms with Gasteiger partial charge in [0, 0.05) is 19.6 Å². The number of hydrogen-bond donors (Lipinski definition) is 1. The lowest BCUT2D eigenvalue weighted by atomic mass is 9.94. The fourth-order valence-corrected chi connectivity index (χ4v) is 2.65. The largest absolute Gasteiger partial charge is 0.340 e. The average Bonchev–Trinajstić information content (AvgIpc) is 2.27. The molecule has 0 aromatic rings. The molecule has 4 nitrogen and oxygen atoms in total. The van der Waals surface area contributed by atoms with Gasteiger partial charge in [0.05, 0.1) is 5.54 Å². The van der Waals surface area contributed by atoms with Crippen molar-refractivity contribution in [3.8, 4) is 0 Å². The van der Waals surface area contributed by atoms with E-state index in [1.54, 1.807) is 0 Å². The van der Waals surface area contributed by atoms with Gasteiger partial charge in [0.25, 0.3) is 0 Å². The molecule has 1 fully saturated rings. The van der Waals surface area contributed by atoms with Crippen LogP contribution in [0.25, 0.3) is 0 Å². The van der Waals surface area contributed by atoms with Crippen LogP contribution >= 0.6 is 0 Å². The quantitative estimate of drug-likeness (QED) is 0.800. The molecule has 0 aliphatic carbocycles. The van der Waals surface area contributed by atoms with Gasteiger partial charge in [-0.1, -0.05) is 13.3 Å². The molecule has 100 valence electrons. The number of hydrogen-bond acceptors (Lipinski definition) is 3. The van der Waals surface area contributed by atoms with E-state index >= 15 is 0 Å². The predicted octanol–water partition coefficient (Wildman–Crippen LogP) is 1.06. The zero-order chi connectivity index (χ0) is 13.1. The minimum Gasteiger partial charge on any atom is -0.340 e. The van der Waals surface area contributed by atoms with Crippen molar-refractivity contribution in [2.45, 2.75) is 51.1 Å². The maximum absolute atomic E-state index is 12.3. The Bertz CT molecular complexity index is 265. The molecule has 2 N–H and O–H groups in total. The summed E-state index contributed by atoms with van der Waals surface area (Å²) >= 11 is 0. The van der Waals surface area contributed by atoms with Crippen molar-refractivity contribution >= 4 is 5.91 Å². The molecule has 0 bridgehead atoms. The van der Waals surface area contributed by atoms with Gasteiger partial charge in [-0.05, 0) is 39.8 Å². The minimum atomic E-state index is -0.709. The highest BCUT2D eigenvalue weighted by Gasteiger charge is 2.34. The average molecular weight is 241 g/mol. The lowest BCUT2D eigenvalue weighted by molar-refractivity contribution is -0.138. The van der Waals surface area contributed by atoms with Gasteiger partial charge in [-0.25, -0.2) is 0 Å². The molecule has 1 rings (SSSR count). The predicted molar refractivity (Wildman–Crippen MR) is 70.8 cm³/mol. The molecule has 1 heterocycles. The summed E-state index contributed by atoms with van der Waals surface area (Å²) in [4.78, 5) is 16.5. The normalized spacial score (nSPS) is 25.4. The lowest BCUT2D eigenvalue weighted by Crippen LogP contribution is -2.57. The van der Waals surface area contributed by atoms with Crippen molar-refractivity contribution in [1.82, 2.24) is 9.80 Å². The Morgan fingerprint density at radius 1 is 1.59 bits per heavy atom. The van der Waals surface area contributed by atoms with Gasteiger partial charge in [-0.3, -0.25) is 4.79 Å². The summed E-state index contributed by atoms with van der Waals surface area (Å²) in [6.45, 7) is 6.01. The molecule has 1 aliphatic rings. The molecule has 1 amide bonds. The van der Waals surface area contributed by atoms with E-state index in [1.165, 1.54) is 0 Å². The fourth-order valence-electron chi connectivity index (χ4n) is 2.65. The van der Waals surface area contributed by atoms with E-state index < -0.39 is 5.54 Å². The number of nitrogens with zero attached hydrogens (tertiary/aromatic N) is 2. The molecule has 1 aliphatic heterocycles. The number of amides is 1. The van der Waals surface area contributed by atoms with Gasteiger partial charge < -0.3 is 15.5 Å². The summed E-state index contributed by atoms with van der Waals surface area (Å²) in [5, 5.41) is 0. The van der Waals surface area contributed by atoms with E-state index in [4.69, 9.17) is 5.73 Å². The van der Waals surface area contributed by atoms with E-state index in [1.807, 2.05) is 18.9 Å². The summed E-state index contributed by atoms with van der Waals surface area (Å²) in [5.41, 5.74) is 5.40. The van der Waals surface area contributed by atoms with Crippen LogP contribution in [0.2, 0.25) is 0 Å². The van der Waals surface area contributed by atoms with Crippen molar-refractivity contribution < 1.29 is 4.79 Å². The Morgan fingerprint density at radius 3 is 2.76 bits per heavy atom. The second-order valence-electron chi connectivity index (χ2n) is 5.64. The maximum atomic E-state index is 12.3. The summed E-state index contributed by atoms with van der Waals surface area (Å²) in [6.07, 6.45) is 3.94. The van der Waals surface area contributed by atoms with Crippen LogP contribution in [0, 0.1) is 0 Å². The van der Waals surface area contributed by atoms with Crippen molar-refractivity contribution in [3.63, 3.8) is 0 Å². The van der Waals surface area contributed by atoms with Gasteiger partial charge in [0.15, 0.2) is 0 Å². The first-order valence-electron chi connectivity index (χ1n) is 6.63. The summed E-state index contributed by atoms with van der Waals surface area (Å²) in [7, 11) is 4.01. The molecule has 0 radical (unpaired) electrons. The molecule has 0 saturated carbocycles. The van der Waals surface area contributed by atoms with Crippen LogP contribution in [0.3, 0.4) is 0 Å². The second kappa shape index (κ2) is 5.83. The zero-order valence-corrected chi connectivity index (χ0v) is 11.7. The maximum Gasteiger partial charge on any atom is 0.242 e. The van der Waals surface area contributed by atoms with Crippen molar-refractivity contribution in [2.75, 3.05) is 27.2 Å². The first-order chi connectivity index (χ1) is 7.88. The van der Waals surface area contributed by atoms with Crippen LogP contribution < -0.4 is 5.73 Å². The smallest absolute Gasteiger partial charge is 0.242 e. The Morgan fingerprint density at radius 2 is 2.24 bits per heavy atom. The first-order valence-corrected chi connectivity index (χ1v) is 6.63.